The second-order valence-corrected chi connectivity index (χ2v) is 4.72. The summed E-state index contributed by atoms with van der Waals surface area (Å²) in [5.41, 5.74) is 0. The zero-order valence-corrected chi connectivity index (χ0v) is 11.9. The molecule has 0 radical (unpaired) electrons. The quantitative estimate of drug-likeness (QED) is 0.841. The molecule has 1 fully saturated rings. The van der Waals surface area contributed by atoms with Gasteiger partial charge in [-0.05, 0) is 18.0 Å². The molecule has 1 amide bonds. The van der Waals surface area contributed by atoms with Crippen LogP contribution in [0.4, 0.5) is 10.2 Å². The van der Waals surface area contributed by atoms with Crippen LogP contribution in [0.1, 0.15) is 13.3 Å². The molecule has 1 aromatic heterocycles. The van der Waals surface area contributed by atoms with Crippen molar-refractivity contribution >= 4 is 23.3 Å². The Morgan fingerprint density at radius 1 is 1.70 bits per heavy atom. The molecule has 1 N–H and O–H groups in total. The third kappa shape index (κ3) is 3.34. The number of amides is 1. The standard InChI is InChI=1S/C12H16ClFN4O2/c1-2-3-15-11(19)9-7-20-5-4-18(9)10-8(14)6-16-12(13)17-10/h6,9H,2-5,7H2,1H3,(H,15,19). The van der Waals surface area contributed by atoms with Crippen LogP contribution in [0, 0.1) is 5.82 Å². The molecule has 1 aromatic rings. The fourth-order valence-electron chi connectivity index (χ4n) is 1.98. The van der Waals surface area contributed by atoms with Gasteiger partial charge in [0.05, 0.1) is 19.4 Å². The van der Waals surface area contributed by atoms with E-state index in [1.807, 2.05) is 6.92 Å². The van der Waals surface area contributed by atoms with E-state index in [1.165, 1.54) is 0 Å². The van der Waals surface area contributed by atoms with Gasteiger partial charge in [-0.3, -0.25) is 4.79 Å². The summed E-state index contributed by atoms with van der Waals surface area (Å²) in [6, 6.07) is -0.615. The van der Waals surface area contributed by atoms with E-state index in [0.29, 0.717) is 19.7 Å². The van der Waals surface area contributed by atoms with Crippen LogP contribution in [0.2, 0.25) is 5.28 Å². The molecule has 8 heteroatoms. The van der Waals surface area contributed by atoms with Crippen molar-refractivity contribution in [3.8, 4) is 0 Å². The normalized spacial score (nSPS) is 18.9. The molecule has 1 atom stereocenters. The Labute approximate surface area is 121 Å². The van der Waals surface area contributed by atoms with Crippen molar-refractivity contribution in [3.63, 3.8) is 0 Å². The number of nitrogens with zero attached hydrogens (tertiary/aromatic N) is 3. The lowest BCUT2D eigenvalue weighted by molar-refractivity contribution is -0.124. The highest BCUT2D eigenvalue weighted by Gasteiger charge is 2.32. The fourth-order valence-corrected chi connectivity index (χ4v) is 2.11. The third-order valence-corrected chi connectivity index (χ3v) is 3.13. The molecular weight excluding hydrogens is 287 g/mol. The summed E-state index contributed by atoms with van der Waals surface area (Å²) in [7, 11) is 0. The van der Waals surface area contributed by atoms with Crippen LogP contribution in [0.25, 0.3) is 0 Å². The number of carbonyl (C=O) groups is 1. The maximum Gasteiger partial charge on any atom is 0.245 e. The van der Waals surface area contributed by atoms with E-state index < -0.39 is 11.9 Å². The van der Waals surface area contributed by atoms with Gasteiger partial charge >= 0.3 is 0 Å². The summed E-state index contributed by atoms with van der Waals surface area (Å²) in [4.78, 5) is 21.1. The molecule has 1 saturated heterocycles. The summed E-state index contributed by atoms with van der Waals surface area (Å²) < 4.78 is 19.1. The Hall–Kier alpha value is -1.47. The molecule has 2 heterocycles. The highest BCUT2D eigenvalue weighted by molar-refractivity contribution is 6.28. The van der Waals surface area contributed by atoms with Crippen LogP contribution in [0.3, 0.4) is 0 Å². The Balaban J connectivity index is 2.22. The number of morpholine rings is 1. The fraction of sp³-hybridized carbons (Fsp3) is 0.583. The zero-order valence-electron chi connectivity index (χ0n) is 11.1. The molecule has 0 spiro atoms. The van der Waals surface area contributed by atoms with Gasteiger partial charge in [-0.15, -0.1) is 0 Å². The summed E-state index contributed by atoms with van der Waals surface area (Å²) in [6.07, 6.45) is 1.83. The van der Waals surface area contributed by atoms with Gasteiger partial charge < -0.3 is 15.0 Å². The van der Waals surface area contributed by atoms with Crippen molar-refractivity contribution < 1.29 is 13.9 Å². The maximum absolute atomic E-state index is 13.8. The van der Waals surface area contributed by atoms with Crippen molar-refractivity contribution in [2.24, 2.45) is 0 Å². The van der Waals surface area contributed by atoms with Crippen molar-refractivity contribution in [1.29, 1.82) is 0 Å². The second-order valence-electron chi connectivity index (χ2n) is 4.39. The molecule has 1 unspecified atom stereocenters. The Morgan fingerprint density at radius 3 is 3.25 bits per heavy atom. The van der Waals surface area contributed by atoms with Gasteiger partial charge in [-0.25, -0.2) is 9.37 Å². The molecule has 20 heavy (non-hydrogen) atoms. The number of hydrogen-bond acceptors (Lipinski definition) is 5. The van der Waals surface area contributed by atoms with E-state index in [-0.39, 0.29) is 23.6 Å². The Kier molecular flexibility index (Phi) is 5.08. The van der Waals surface area contributed by atoms with Crippen molar-refractivity contribution in [3.05, 3.63) is 17.3 Å². The highest BCUT2D eigenvalue weighted by atomic mass is 35.5. The van der Waals surface area contributed by atoms with Gasteiger partial charge in [-0.1, -0.05) is 6.92 Å². The second kappa shape index (κ2) is 6.81. The summed E-state index contributed by atoms with van der Waals surface area (Å²) >= 11 is 5.70. The number of hydrogen-bond donors (Lipinski definition) is 1. The number of rotatable bonds is 4. The Morgan fingerprint density at radius 2 is 2.50 bits per heavy atom. The predicted octanol–water partition coefficient (Wildman–Crippen LogP) is 1.00. The highest BCUT2D eigenvalue weighted by Crippen LogP contribution is 2.22. The first kappa shape index (κ1) is 14.9. The van der Waals surface area contributed by atoms with Crippen LogP contribution in [0.15, 0.2) is 6.20 Å². The summed E-state index contributed by atoms with van der Waals surface area (Å²) in [5.74, 6) is -0.782. The number of nitrogens with one attached hydrogen (secondary N) is 1. The van der Waals surface area contributed by atoms with E-state index in [1.54, 1.807) is 4.90 Å². The van der Waals surface area contributed by atoms with Crippen molar-refractivity contribution in [2.75, 3.05) is 31.2 Å². The monoisotopic (exact) mass is 302 g/mol. The molecule has 1 aliphatic rings. The lowest BCUT2D eigenvalue weighted by Crippen LogP contribution is -2.54. The Bertz CT molecular complexity index is 489. The number of ether oxygens (including phenoxy) is 1. The third-order valence-electron chi connectivity index (χ3n) is 2.95. The molecule has 0 saturated carbocycles. The first-order chi connectivity index (χ1) is 9.63. The van der Waals surface area contributed by atoms with E-state index in [0.717, 1.165) is 12.6 Å². The molecule has 110 valence electrons. The van der Waals surface area contributed by atoms with Gasteiger partial charge in [0.2, 0.25) is 11.2 Å². The molecular formula is C12H16ClFN4O2. The number of aromatic nitrogens is 2. The minimum atomic E-state index is -0.615. The molecule has 6 nitrogen and oxygen atoms in total. The first-order valence-corrected chi connectivity index (χ1v) is 6.81. The van der Waals surface area contributed by atoms with E-state index >= 15 is 0 Å². The average molecular weight is 303 g/mol. The van der Waals surface area contributed by atoms with E-state index in [9.17, 15) is 9.18 Å². The topological polar surface area (TPSA) is 67.3 Å². The summed E-state index contributed by atoms with van der Waals surface area (Å²) in [5, 5.41) is 2.72. The smallest absolute Gasteiger partial charge is 0.245 e. The minimum absolute atomic E-state index is 0.0324. The number of carbonyl (C=O) groups excluding carboxylic acids is 1. The van der Waals surface area contributed by atoms with Crippen molar-refractivity contribution in [1.82, 2.24) is 15.3 Å². The molecule has 2 rings (SSSR count). The van der Waals surface area contributed by atoms with Gasteiger partial charge in [0.15, 0.2) is 11.6 Å². The number of anilines is 1. The van der Waals surface area contributed by atoms with Crippen LogP contribution in [-0.2, 0) is 9.53 Å². The van der Waals surface area contributed by atoms with Crippen LogP contribution < -0.4 is 10.2 Å². The van der Waals surface area contributed by atoms with Gasteiger partial charge in [-0.2, -0.15) is 4.98 Å². The minimum Gasteiger partial charge on any atom is -0.377 e. The van der Waals surface area contributed by atoms with E-state index in [2.05, 4.69) is 15.3 Å². The van der Waals surface area contributed by atoms with Crippen LogP contribution in [0.5, 0.6) is 0 Å². The largest absolute Gasteiger partial charge is 0.377 e. The zero-order chi connectivity index (χ0) is 14.5. The number of halogens is 2. The van der Waals surface area contributed by atoms with Gasteiger partial charge in [0.1, 0.15) is 6.04 Å². The lowest BCUT2D eigenvalue weighted by atomic mass is 10.2. The SMILES string of the molecule is CCCNC(=O)C1COCCN1c1nc(Cl)ncc1F. The first-order valence-electron chi connectivity index (χ1n) is 6.43. The van der Waals surface area contributed by atoms with Crippen molar-refractivity contribution in [2.45, 2.75) is 19.4 Å². The van der Waals surface area contributed by atoms with Crippen LogP contribution in [-0.4, -0.2) is 48.2 Å². The molecule has 1 aliphatic heterocycles. The predicted molar refractivity (Wildman–Crippen MR) is 72.3 cm³/mol. The molecule has 0 aliphatic carbocycles. The van der Waals surface area contributed by atoms with Gasteiger partial charge in [0, 0.05) is 13.1 Å². The molecule has 0 bridgehead atoms. The summed E-state index contributed by atoms with van der Waals surface area (Å²) in [6.45, 7) is 3.49. The maximum atomic E-state index is 13.8. The van der Waals surface area contributed by atoms with Gasteiger partial charge in [0.25, 0.3) is 0 Å². The van der Waals surface area contributed by atoms with E-state index in [4.69, 9.17) is 16.3 Å². The molecule has 0 aromatic carbocycles. The average Bonchev–Trinajstić information content (AvgIpc) is 2.47. The van der Waals surface area contributed by atoms with Crippen LogP contribution >= 0.6 is 11.6 Å². The lowest BCUT2D eigenvalue weighted by Gasteiger charge is -2.35.